The first-order chi connectivity index (χ1) is 16.7. The number of piperazine rings is 1. The largest absolute Gasteiger partial charge is 0.331 e. The molecule has 2 heterocycles. The van der Waals surface area contributed by atoms with Crippen LogP contribution < -0.4 is 4.72 Å². The zero-order valence-corrected chi connectivity index (χ0v) is 21.0. The third-order valence-electron chi connectivity index (χ3n) is 6.33. The number of rotatable bonds is 6. The van der Waals surface area contributed by atoms with Crippen molar-refractivity contribution in [2.24, 2.45) is 0 Å². The molecule has 0 bridgehead atoms. The van der Waals surface area contributed by atoms with Crippen molar-refractivity contribution in [1.82, 2.24) is 19.1 Å². The number of urea groups is 1. The fourth-order valence-electron chi connectivity index (χ4n) is 4.37. The van der Waals surface area contributed by atoms with Crippen LogP contribution in [0.15, 0.2) is 65.6 Å². The molecule has 0 radical (unpaired) electrons. The molecule has 1 aromatic heterocycles. The van der Waals surface area contributed by atoms with Crippen LogP contribution in [0.3, 0.4) is 0 Å². The van der Waals surface area contributed by atoms with Gasteiger partial charge in [0.15, 0.2) is 5.78 Å². The Bertz CT molecular complexity index is 1320. The number of amides is 2. The Morgan fingerprint density at radius 3 is 2.14 bits per heavy atom. The lowest BCUT2D eigenvalue weighted by atomic mass is 10.1. The second-order valence-electron chi connectivity index (χ2n) is 8.87. The van der Waals surface area contributed by atoms with Crippen molar-refractivity contribution in [3.05, 3.63) is 83.2 Å². The van der Waals surface area contributed by atoms with E-state index in [0.717, 1.165) is 22.6 Å². The van der Waals surface area contributed by atoms with Crippen LogP contribution in [0.1, 0.15) is 27.3 Å². The van der Waals surface area contributed by atoms with E-state index in [4.69, 9.17) is 0 Å². The molecule has 4 rings (SSSR count). The Hall–Kier alpha value is -3.43. The predicted molar refractivity (Wildman–Crippen MR) is 134 cm³/mol. The van der Waals surface area contributed by atoms with Crippen LogP contribution in [0.2, 0.25) is 0 Å². The molecule has 0 unspecified atom stereocenters. The number of hydrogen-bond acceptors (Lipinski definition) is 5. The van der Waals surface area contributed by atoms with Crippen LogP contribution in [0.25, 0.3) is 5.69 Å². The van der Waals surface area contributed by atoms with E-state index in [2.05, 4.69) is 9.29 Å². The molecular formula is C26H30N4O4S. The fourth-order valence-corrected chi connectivity index (χ4v) is 5.34. The normalized spacial score (nSPS) is 14.7. The first kappa shape index (κ1) is 24.7. The van der Waals surface area contributed by atoms with Crippen LogP contribution in [-0.2, 0) is 10.0 Å². The van der Waals surface area contributed by atoms with E-state index in [1.807, 2.05) is 62.1 Å². The highest BCUT2D eigenvalue weighted by Crippen LogP contribution is 2.21. The number of nitrogens with zero attached hydrogens (tertiary/aromatic N) is 3. The Morgan fingerprint density at radius 1 is 0.886 bits per heavy atom. The maximum Gasteiger partial charge on any atom is 0.331 e. The molecule has 8 nitrogen and oxygen atoms in total. The number of Topliss-reactive ketones (excluding diaryl/α,β-unsaturated/α-hetero) is 1. The summed E-state index contributed by atoms with van der Waals surface area (Å²) in [7, 11) is -3.93. The lowest BCUT2D eigenvalue weighted by molar-refractivity contribution is 0.0880. The standard InChI is InChI=1S/C26H30N4O4S/c1-19-9-11-23(12-10-19)35(33,34)27-26(32)29-15-13-28(14-16-29)18-25(31)24-17-20(2)30(21(24)3)22-7-5-4-6-8-22/h4-12,17H,13-16,18H2,1-3H3,(H,27,32). The summed E-state index contributed by atoms with van der Waals surface area (Å²) in [5.74, 6) is 0.0279. The molecule has 1 saturated heterocycles. The molecule has 1 fully saturated rings. The number of aromatic nitrogens is 1. The molecule has 0 aliphatic carbocycles. The van der Waals surface area contributed by atoms with Crippen molar-refractivity contribution in [3.8, 4) is 5.69 Å². The van der Waals surface area contributed by atoms with E-state index in [9.17, 15) is 18.0 Å². The first-order valence-electron chi connectivity index (χ1n) is 11.5. The van der Waals surface area contributed by atoms with E-state index < -0.39 is 16.1 Å². The molecule has 1 N–H and O–H groups in total. The van der Waals surface area contributed by atoms with Crippen molar-refractivity contribution < 1.29 is 18.0 Å². The lowest BCUT2D eigenvalue weighted by Crippen LogP contribution is -2.53. The van der Waals surface area contributed by atoms with Gasteiger partial charge >= 0.3 is 6.03 Å². The van der Waals surface area contributed by atoms with Gasteiger partial charge in [-0.2, -0.15) is 0 Å². The molecule has 3 aromatic rings. The number of carbonyl (C=O) groups excluding carboxylic acids is 2. The SMILES string of the molecule is Cc1ccc(S(=O)(=O)NC(=O)N2CCN(CC(=O)c3cc(C)n(-c4ccccc4)c3C)CC2)cc1. The Kier molecular flexibility index (Phi) is 7.09. The van der Waals surface area contributed by atoms with Gasteiger partial charge in [-0.25, -0.2) is 17.9 Å². The van der Waals surface area contributed by atoms with Gasteiger partial charge in [0.1, 0.15) is 0 Å². The van der Waals surface area contributed by atoms with E-state index in [0.29, 0.717) is 31.7 Å². The van der Waals surface area contributed by atoms with Gasteiger partial charge in [0.25, 0.3) is 10.0 Å². The summed E-state index contributed by atoms with van der Waals surface area (Å²) in [5.41, 5.74) is 4.53. The summed E-state index contributed by atoms with van der Waals surface area (Å²) < 4.78 is 29.2. The number of carbonyl (C=O) groups is 2. The second-order valence-corrected chi connectivity index (χ2v) is 10.5. The minimum absolute atomic E-state index is 0.0279. The number of para-hydroxylation sites is 1. The van der Waals surface area contributed by atoms with Crippen molar-refractivity contribution in [1.29, 1.82) is 0 Å². The number of aryl methyl sites for hydroxylation is 2. The first-order valence-corrected chi connectivity index (χ1v) is 13.0. The van der Waals surface area contributed by atoms with E-state index >= 15 is 0 Å². The molecular weight excluding hydrogens is 464 g/mol. The molecule has 184 valence electrons. The Balaban J connectivity index is 1.34. The monoisotopic (exact) mass is 494 g/mol. The van der Waals surface area contributed by atoms with E-state index in [1.165, 1.54) is 17.0 Å². The number of nitrogens with one attached hydrogen (secondary N) is 1. The molecule has 9 heteroatoms. The van der Waals surface area contributed by atoms with Crippen LogP contribution >= 0.6 is 0 Å². The minimum atomic E-state index is -3.93. The average molecular weight is 495 g/mol. The number of hydrogen-bond donors (Lipinski definition) is 1. The zero-order chi connectivity index (χ0) is 25.2. The molecule has 35 heavy (non-hydrogen) atoms. The average Bonchev–Trinajstić information content (AvgIpc) is 3.14. The molecule has 2 amide bonds. The van der Waals surface area contributed by atoms with Crippen LogP contribution in [-0.4, -0.2) is 67.3 Å². The van der Waals surface area contributed by atoms with Gasteiger partial charge < -0.3 is 9.47 Å². The van der Waals surface area contributed by atoms with Gasteiger partial charge in [-0.1, -0.05) is 35.9 Å². The molecule has 2 aromatic carbocycles. The van der Waals surface area contributed by atoms with Gasteiger partial charge in [0, 0.05) is 48.8 Å². The van der Waals surface area contributed by atoms with Crippen molar-refractivity contribution >= 4 is 21.8 Å². The number of sulfonamides is 1. The maximum absolute atomic E-state index is 13.1. The topological polar surface area (TPSA) is 91.7 Å². The second kappa shape index (κ2) is 10.1. The Morgan fingerprint density at radius 2 is 1.51 bits per heavy atom. The quantitative estimate of drug-likeness (QED) is 0.531. The van der Waals surface area contributed by atoms with Gasteiger partial charge in [-0.05, 0) is 51.1 Å². The van der Waals surface area contributed by atoms with Gasteiger partial charge in [0.2, 0.25) is 0 Å². The number of benzene rings is 2. The summed E-state index contributed by atoms with van der Waals surface area (Å²) in [6, 6.07) is 17.5. The van der Waals surface area contributed by atoms with E-state index in [-0.39, 0.29) is 17.2 Å². The number of ketones is 1. The third kappa shape index (κ3) is 5.47. The predicted octanol–water partition coefficient (Wildman–Crippen LogP) is 3.30. The maximum atomic E-state index is 13.1. The Labute approximate surface area is 206 Å². The summed E-state index contributed by atoms with van der Waals surface area (Å²) in [6.07, 6.45) is 0. The fraction of sp³-hybridized carbons (Fsp3) is 0.308. The zero-order valence-electron chi connectivity index (χ0n) is 20.2. The van der Waals surface area contributed by atoms with Crippen LogP contribution in [0.4, 0.5) is 4.79 Å². The van der Waals surface area contributed by atoms with E-state index in [1.54, 1.807) is 12.1 Å². The highest BCUT2D eigenvalue weighted by molar-refractivity contribution is 7.90. The van der Waals surface area contributed by atoms with Crippen molar-refractivity contribution in [2.45, 2.75) is 25.7 Å². The summed E-state index contributed by atoms with van der Waals surface area (Å²) >= 11 is 0. The minimum Gasteiger partial charge on any atom is -0.321 e. The van der Waals surface area contributed by atoms with Crippen molar-refractivity contribution in [3.63, 3.8) is 0 Å². The highest BCUT2D eigenvalue weighted by atomic mass is 32.2. The van der Waals surface area contributed by atoms with Crippen molar-refractivity contribution in [2.75, 3.05) is 32.7 Å². The molecule has 0 saturated carbocycles. The van der Waals surface area contributed by atoms with Crippen LogP contribution in [0.5, 0.6) is 0 Å². The van der Waals surface area contributed by atoms with Crippen LogP contribution in [0, 0.1) is 20.8 Å². The van der Waals surface area contributed by atoms with Gasteiger partial charge in [-0.3, -0.25) is 9.69 Å². The summed E-state index contributed by atoms with van der Waals surface area (Å²) in [5, 5.41) is 0. The molecule has 0 spiro atoms. The highest BCUT2D eigenvalue weighted by Gasteiger charge is 2.27. The lowest BCUT2D eigenvalue weighted by Gasteiger charge is -2.34. The molecule has 1 aliphatic rings. The third-order valence-corrected chi connectivity index (χ3v) is 7.66. The molecule has 0 atom stereocenters. The molecule has 1 aliphatic heterocycles. The van der Waals surface area contributed by atoms with Gasteiger partial charge in [-0.15, -0.1) is 0 Å². The smallest absolute Gasteiger partial charge is 0.321 e. The summed E-state index contributed by atoms with van der Waals surface area (Å²) in [4.78, 5) is 29.2. The van der Waals surface area contributed by atoms with Gasteiger partial charge in [0.05, 0.1) is 11.4 Å². The summed E-state index contributed by atoms with van der Waals surface area (Å²) in [6.45, 7) is 7.69.